The van der Waals surface area contributed by atoms with Crippen LogP contribution in [0.5, 0.6) is 0 Å². The van der Waals surface area contributed by atoms with E-state index in [2.05, 4.69) is 15.0 Å². The molecule has 2 aromatic heterocycles. The average molecular weight is 404 g/mol. The summed E-state index contributed by atoms with van der Waals surface area (Å²) in [5.41, 5.74) is -0.0308. The van der Waals surface area contributed by atoms with E-state index >= 15 is 0 Å². The van der Waals surface area contributed by atoms with Crippen LogP contribution in [-0.4, -0.2) is 40.0 Å². The monoisotopic (exact) mass is 404 g/mol. The fourth-order valence-corrected chi connectivity index (χ4v) is 5.90. The maximum absolute atomic E-state index is 12.8. The highest BCUT2D eigenvalue weighted by molar-refractivity contribution is 7.91. The number of aliphatic carboxylic acids is 1. The van der Waals surface area contributed by atoms with Crippen molar-refractivity contribution in [2.24, 2.45) is 7.05 Å². The van der Waals surface area contributed by atoms with Crippen molar-refractivity contribution in [3.05, 3.63) is 54.2 Å². The summed E-state index contributed by atoms with van der Waals surface area (Å²) in [7, 11) is -2.28. The van der Waals surface area contributed by atoms with Crippen LogP contribution in [0.3, 0.4) is 0 Å². The van der Waals surface area contributed by atoms with Gasteiger partial charge in [-0.25, -0.2) is 13.1 Å². The molecule has 2 N–H and O–H groups in total. The third-order valence-corrected chi connectivity index (χ3v) is 7.78. The summed E-state index contributed by atoms with van der Waals surface area (Å²) in [5.74, 6) is -1.57. The van der Waals surface area contributed by atoms with E-state index < -0.39 is 27.4 Å². The van der Waals surface area contributed by atoms with Crippen LogP contribution in [0.4, 0.5) is 0 Å². The van der Waals surface area contributed by atoms with E-state index in [4.69, 9.17) is 0 Å². The molecule has 2 heterocycles. The molecule has 2 atom stereocenters. The van der Waals surface area contributed by atoms with Crippen LogP contribution in [0.25, 0.3) is 10.6 Å². The number of hydrogen-bond donors (Lipinski definition) is 2. The van der Waals surface area contributed by atoms with Crippen LogP contribution in [-0.2, 0) is 21.9 Å². The number of hydrogen-bond acceptors (Lipinski definition) is 6. The Morgan fingerprint density at radius 1 is 1.30 bits per heavy atom. The SMILES string of the molecule is Cn1nncc1-c1ccc(S(=O)(=O)NC2(C(=O)O)CC2c2ccccc2)s1. The van der Waals surface area contributed by atoms with Gasteiger partial charge in [0.1, 0.15) is 9.75 Å². The van der Waals surface area contributed by atoms with Gasteiger partial charge in [0.15, 0.2) is 0 Å². The lowest BCUT2D eigenvalue weighted by Gasteiger charge is -2.14. The van der Waals surface area contributed by atoms with Gasteiger partial charge in [0, 0.05) is 13.0 Å². The summed E-state index contributed by atoms with van der Waals surface area (Å²) in [4.78, 5) is 12.6. The number of carboxylic acids is 1. The molecular formula is C17H16N4O4S2. The Balaban J connectivity index is 1.62. The molecule has 4 rings (SSSR count). The molecule has 0 spiro atoms. The number of thiophene rings is 1. The largest absolute Gasteiger partial charge is 0.480 e. The van der Waals surface area contributed by atoms with E-state index in [1.54, 1.807) is 24.0 Å². The maximum Gasteiger partial charge on any atom is 0.325 e. The molecule has 1 aromatic carbocycles. The third-order valence-electron chi connectivity index (χ3n) is 4.67. The second-order valence-corrected chi connectivity index (χ2v) is 9.40. The molecule has 0 saturated heterocycles. The predicted molar refractivity (Wildman–Crippen MR) is 98.8 cm³/mol. The van der Waals surface area contributed by atoms with Gasteiger partial charge in [-0.2, -0.15) is 4.72 Å². The van der Waals surface area contributed by atoms with Crippen LogP contribution in [0.15, 0.2) is 52.9 Å². The lowest BCUT2D eigenvalue weighted by atomic mass is 10.1. The number of aryl methyl sites for hydroxylation is 1. The Morgan fingerprint density at radius 2 is 2.04 bits per heavy atom. The molecule has 1 aliphatic rings. The van der Waals surface area contributed by atoms with Crippen molar-refractivity contribution in [3.8, 4) is 10.6 Å². The maximum atomic E-state index is 12.8. The highest BCUT2D eigenvalue weighted by Crippen LogP contribution is 2.52. The summed E-state index contributed by atoms with van der Waals surface area (Å²) in [5, 5.41) is 17.3. The number of carboxylic acid groups (broad SMARTS) is 1. The Bertz CT molecular complexity index is 1110. The standard InChI is InChI=1S/C17H16N4O4S2/c1-21-13(10-18-20-21)14-7-8-15(26-14)27(24,25)19-17(16(22)23)9-12(17)11-5-3-2-4-6-11/h2-8,10,12,19H,9H2,1H3,(H,22,23). The van der Waals surface area contributed by atoms with Crippen molar-refractivity contribution in [1.82, 2.24) is 19.7 Å². The van der Waals surface area contributed by atoms with Gasteiger partial charge in [-0.3, -0.25) is 4.79 Å². The molecule has 2 unspecified atom stereocenters. The third kappa shape index (κ3) is 3.05. The van der Waals surface area contributed by atoms with E-state index in [0.29, 0.717) is 10.6 Å². The van der Waals surface area contributed by atoms with Gasteiger partial charge in [-0.15, -0.1) is 16.4 Å². The molecular weight excluding hydrogens is 388 g/mol. The Kier molecular flexibility index (Phi) is 4.13. The molecule has 1 saturated carbocycles. The number of nitrogens with one attached hydrogen (secondary N) is 1. The number of nitrogens with zero attached hydrogens (tertiary/aromatic N) is 3. The van der Waals surface area contributed by atoms with Crippen molar-refractivity contribution < 1.29 is 18.3 Å². The van der Waals surface area contributed by atoms with E-state index in [0.717, 1.165) is 16.9 Å². The first-order chi connectivity index (χ1) is 12.8. The smallest absolute Gasteiger partial charge is 0.325 e. The van der Waals surface area contributed by atoms with Crippen LogP contribution in [0, 0.1) is 0 Å². The average Bonchev–Trinajstić information content (AvgIpc) is 2.97. The predicted octanol–water partition coefficient (Wildman–Crippen LogP) is 1.83. The number of aromatic nitrogens is 3. The van der Waals surface area contributed by atoms with Crippen LogP contribution in [0.1, 0.15) is 17.9 Å². The second-order valence-electron chi connectivity index (χ2n) is 6.41. The van der Waals surface area contributed by atoms with Gasteiger partial charge < -0.3 is 5.11 Å². The van der Waals surface area contributed by atoms with E-state index in [1.165, 1.54) is 6.07 Å². The van der Waals surface area contributed by atoms with Gasteiger partial charge in [0.05, 0.1) is 16.8 Å². The first-order valence-corrected chi connectivity index (χ1v) is 10.4. The summed E-state index contributed by atoms with van der Waals surface area (Å²) >= 11 is 1.04. The van der Waals surface area contributed by atoms with E-state index in [9.17, 15) is 18.3 Å². The Morgan fingerprint density at radius 3 is 2.67 bits per heavy atom. The molecule has 0 aliphatic heterocycles. The molecule has 1 fully saturated rings. The van der Waals surface area contributed by atoms with E-state index in [-0.39, 0.29) is 10.6 Å². The Labute approximate surface area is 159 Å². The van der Waals surface area contributed by atoms with Gasteiger partial charge in [-0.1, -0.05) is 35.5 Å². The first kappa shape index (κ1) is 17.8. The normalized spacial score (nSPS) is 21.9. The lowest BCUT2D eigenvalue weighted by Crippen LogP contribution is -2.44. The van der Waals surface area contributed by atoms with Gasteiger partial charge >= 0.3 is 5.97 Å². The highest BCUT2D eigenvalue weighted by Gasteiger charge is 2.63. The highest BCUT2D eigenvalue weighted by atomic mass is 32.2. The summed E-state index contributed by atoms with van der Waals surface area (Å²) in [6.45, 7) is 0. The van der Waals surface area contributed by atoms with Gasteiger partial charge in [0.2, 0.25) is 0 Å². The molecule has 1 aliphatic carbocycles. The zero-order valence-electron chi connectivity index (χ0n) is 14.2. The lowest BCUT2D eigenvalue weighted by molar-refractivity contribution is -0.140. The molecule has 0 radical (unpaired) electrons. The van der Waals surface area contributed by atoms with Crippen molar-refractivity contribution in [3.63, 3.8) is 0 Å². The summed E-state index contributed by atoms with van der Waals surface area (Å²) in [6, 6.07) is 12.2. The molecule has 0 amide bonds. The topological polar surface area (TPSA) is 114 Å². The van der Waals surface area contributed by atoms with E-state index in [1.807, 2.05) is 30.3 Å². The summed E-state index contributed by atoms with van der Waals surface area (Å²) in [6.07, 6.45) is 1.76. The van der Waals surface area contributed by atoms with Crippen molar-refractivity contribution >= 4 is 27.3 Å². The fourth-order valence-electron chi connectivity index (χ4n) is 3.15. The van der Waals surface area contributed by atoms with Gasteiger partial charge in [-0.05, 0) is 24.1 Å². The minimum Gasteiger partial charge on any atom is -0.480 e. The first-order valence-electron chi connectivity index (χ1n) is 8.11. The molecule has 0 bridgehead atoms. The quantitative estimate of drug-likeness (QED) is 0.648. The molecule has 27 heavy (non-hydrogen) atoms. The molecule has 140 valence electrons. The van der Waals surface area contributed by atoms with Crippen LogP contribution in [0.2, 0.25) is 0 Å². The number of benzene rings is 1. The zero-order chi connectivity index (χ0) is 19.2. The van der Waals surface area contributed by atoms with Crippen LogP contribution >= 0.6 is 11.3 Å². The van der Waals surface area contributed by atoms with Crippen molar-refractivity contribution in [2.45, 2.75) is 22.1 Å². The molecule has 10 heteroatoms. The Hall–Kier alpha value is -2.56. The molecule has 3 aromatic rings. The minimum absolute atomic E-state index is 0.0537. The minimum atomic E-state index is -3.99. The van der Waals surface area contributed by atoms with Crippen molar-refractivity contribution in [1.29, 1.82) is 0 Å². The fraction of sp³-hybridized carbons (Fsp3) is 0.235. The molecule has 8 nitrogen and oxygen atoms in total. The van der Waals surface area contributed by atoms with Crippen molar-refractivity contribution in [2.75, 3.05) is 0 Å². The zero-order valence-corrected chi connectivity index (χ0v) is 15.9. The summed E-state index contributed by atoms with van der Waals surface area (Å²) < 4.78 is 29.7. The van der Waals surface area contributed by atoms with Crippen LogP contribution < -0.4 is 4.72 Å². The van der Waals surface area contributed by atoms with Gasteiger partial charge in [0.25, 0.3) is 10.0 Å². The number of carbonyl (C=O) groups is 1. The number of rotatable bonds is 6. The number of sulfonamides is 1. The second kappa shape index (κ2) is 6.25.